The third-order valence-corrected chi connectivity index (χ3v) is 6.79. The molecule has 0 spiro atoms. The van der Waals surface area contributed by atoms with Gasteiger partial charge in [0.2, 0.25) is 5.91 Å². The maximum atomic E-state index is 12.5. The van der Waals surface area contributed by atoms with Crippen molar-refractivity contribution in [2.24, 2.45) is 0 Å². The fraction of sp³-hybridized carbons (Fsp3) is 0.733. The van der Waals surface area contributed by atoms with Gasteiger partial charge in [-0.15, -0.1) is 0 Å². The smallest absolute Gasteiger partial charge is 0.328 e. The quantitative estimate of drug-likeness (QED) is 0.0676. The normalized spacial score (nSPS) is 11.7. The van der Waals surface area contributed by atoms with Crippen molar-refractivity contribution in [2.75, 3.05) is 13.7 Å². The lowest BCUT2D eigenvalue weighted by molar-refractivity contribution is -0.385. The molecule has 1 aromatic rings. The van der Waals surface area contributed by atoms with E-state index >= 15 is 0 Å². The Hall–Kier alpha value is -2.64. The van der Waals surface area contributed by atoms with Crippen molar-refractivity contribution in [1.29, 1.82) is 0 Å². The summed E-state index contributed by atoms with van der Waals surface area (Å²) in [5, 5.41) is 14.1. The number of nitro groups is 1. The predicted octanol–water partition coefficient (Wildman–Crippen LogP) is 7.46. The highest BCUT2D eigenvalue weighted by Gasteiger charge is 2.24. The number of hydrogen-bond acceptors (Lipinski definition) is 6. The van der Waals surface area contributed by atoms with Crippen LogP contribution in [-0.4, -0.2) is 36.6 Å². The van der Waals surface area contributed by atoms with E-state index in [1.54, 1.807) is 13.0 Å². The minimum absolute atomic E-state index is 0.105. The summed E-state index contributed by atoms with van der Waals surface area (Å²) in [6.07, 6.45) is 19.3. The Bertz CT molecular complexity index is 814. The van der Waals surface area contributed by atoms with Crippen LogP contribution >= 0.6 is 0 Å². The van der Waals surface area contributed by atoms with Gasteiger partial charge in [0, 0.05) is 18.9 Å². The summed E-state index contributed by atoms with van der Waals surface area (Å²) in [6, 6.07) is 3.62. The second kappa shape index (κ2) is 21.3. The zero-order chi connectivity index (χ0) is 28.0. The van der Waals surface area contributed by atoms with Gasteiger partial charge in [0.25, 0.3) is 0 Å². The van der Waals surface area contributed by atoms with E-state index in [0.29, 0.717) is 12.0 Å². The topological polar surface area (TPSA) is 108 Å². The second-order valence-corrected chi connectivity index (χ2v) is 10.0. The summed E-state index contributed by atoms with van der Waals surface area (Å²) in [6.45, 7) is 4.14. The summed E-state index contributed by atoms with van der Waals surface area (Å²) in [4.78, 5) is 35.7. The monoisotopic (exact) mass is 534 g/mol. The molecule has 1 atom stereocenters. The Labute approximate surface area is 229 Å². The lowest BCUT2D eigenvalue weighted by Crippen LogP contribution is -2.43. The first kappa shape index (κ1) is 33.4. The van der Waals surface area contributed by atoms with Crippen LogP contribution in [0.4, 0.5) is 5.69 Å². The molecule has 0 heterocycles. The number of benzene rings is 1. The molecule has 1 unspecified atom stereocenters. The number of nitrogens with zero attached hydrogens (tertiary/aromatic N) is 1. The maximum Gasteiger partial charge on any atom is 0.328 e. The molecule has 1 amide bonds. The highest BCUT2D eigenvalue weighted by molar-refractivity contribution is 5.84. The number of carbonyl (C=O) groups excluding carboxylic acids is 2. The van der Waals surface area contributed by atoms with E-state index in [2.05, 4.69) is 12.2 Å². The van der Waals surface area contributed by atoms with Crippen LogP contribution in [0.2, 0.25) is 0 Å². The zero-order valence-electron chi connectivity index (χ0n) is 23.9. The van der Waals surface area contributed by atoms with Gasteiger partial charge in [-0.3, -0.25) is 14.9 Å². The zero-order valence-corrected chi connectivity index (χ0v) is 23.9. The molecule has 38 heavy (non-hydrogen) atoms. The molecule has 0 radical (unpaired) electrons. The van der Waals surface area contributed by atoms with Crippen molar-refractivity contribution in [2.45, 2.75) is 129 Å². The van der Waals surface area contributed by atoms with Gasteiger partial charge < -0.3 is 14.8 Å². The average Bonchev–Trinajstić information content (AvgIpc) is 2.90. The standard InChI is InChI=1S/C30H50N2O6/c1-4-6-7-8-9-10-11-12-13-14-15-16-17-18-19-20-29(33)31-26(30(34)38-5-2)23-25-21-22-28(37-3)27(24-25)32(35)36/h21-22,24,26H,4-20,23H2,1-3H3,(H,31,33). The van der Waals surface area contributed by atoms with Gasteiger partial charge >= 0.3 is 11.7 Å². The van der Waals surface area contributed by atoms with Crippen molar-refractivity contribution in [3.8, 4) is 5.75 Å². The SMILES string of the molecule is CCCCCCCCCCCCCCCCCC(=O)NC(Cc1ccc(OC)c([N+](=O)[O-])c1)C(=O)OCC. The van der Waals surface area contributed by atoms with Gasteiger partial charge in [0.05, 0.1) is 18.6 Å². The predicted molar refractivity (Wildman–Crippen MR) is 151 cm³/mol. The molecule has 1 aromatic carbocycles. The molecule has 0 aliphatic carbocycles. The molecular weight excluding hydrogens is 484 g/mol. The summed E-state index contributed by atoms with van der Waals surface area (Å²) in [5.41, 5.74) is 0.361. The molecule has 1 rings (SSSR count). The highest BCUT2D eigenvalue weighted by atomic mass is 16.6. The van der Waals surface area contributed by atoms with E-state index in [-0.39, 0.29) is 30.4 Å². The number of nitrogens with one attached hydrogen (secondary N) is 1. The first-order chi connectivity index (χ1) is 18.4. The maximum absolute atomic E-state index is 12.5. The van der Waals surface area contributed by atoms with Gasteiger partial charge in [-0.2, -0.15) is 0 Å². The van der Waals surface area contributed by atoms with E-state index in [4.69, 9.17) is 9.47 Å². The number of nitro benzene ring substituents is 1. The third kappa shape index (κ3) is 14.9. The van der Waals surface area contributed by atoms with E-state index in [9.17, 15) is 19.7 Å². The molecule has 8 heteroatoms. The van der Waals surface area contributed by atoms with Crippen molar-refractivity contribution < 1.29 is 24.0 Å². The van der Waals surface area contributed by atoms with Gasteiger partial charge in [0.15, 0.2) is 5.75 Å². The molecule has 0 saturated carbocycles. The van der Waals surface area contributed by atoms with Gasteiger partial charge in [-0.25, -0.2) is 4.79 Å². The Morgan fingerprint density at radius 2 is 1.39 bits per heavy atom. The van der Waals surface area contributed by atoms with Crippen molar-refractivity contribution in [3.05, 3.63) is 33.9 Å². The molecule has 216 valence electrons. The summed E-state index contributed by atoms with van der Waals surface area (Å²) in [7, 11) is 1.36. The van der Waals surface area contributed by atoms with Crippen LogP contribution < -0.4 is 10.1 Å². The molecule has 0 saturated heterocycles. The molecule has 0 fully saturated rings. The van der Waals surface area contributed by atoms with Crippen LogP contribution in [0.1, 0.15) is 122 Å². The molecular formula is C30H50N2O6. The Morgan fingerprint density at radius 1 is 0.868 bits per heavy atom. The molecule has 0 aromatic heterocycles. The lowest BCUT2D eigenvalue weighted by atomic mass is 10.0. The van der Waals surface area contributed by atoms with Crippen LogP contribution in [0.25, 0.3) is 0 Å². The van der Waals surface area contributed by atoms with Crippen LogP contribution in [0.3, 0.4) is 0 Å². The number of rotatable bonds is 23. The number of amides is 1. The third-order valence-electron chi connectivity index (χ3n) is 6.79. The van der Waals surface area contributed by atoms with E-state index in [0.717, 1.165) is 19.3 Å². The summed E-state index contributed by atoms with van der Waals surface area (Å²) >= 11 is 0. The first-order valence-corrected chi connectivity index (χ1v) is 14.7. The molecule has 1 N–H and O–H groups in total. The molecule has 8 nitrogen and oxygen atoms in total. The summed E-state index contributed by atoms with van der Waals surface area (Å²) in [5.74, 6) is -0.611. The number of methoxy groups -OCH3 is 1. The lowest BCUT2D eigenvalue weighted by Gasteiger charge is -2.17. The number of unbranched alkanes of at least 4 members (excludes halogenated alkanes) is 14. The van der Waals surface area contributed by atoms with Gasteiger partial charge in [-0.05, 0) is 25.0 Å². The van der Waals surface area contributed by atoms with Gasteiger partial charge in [0.1, 0.15) is 6.04 Å². The van der Waals surface area contributed by atoms with Crippen molar-refractivity contribution >= 4 is 17.6 Å². The number of carbonyl (C=O) groups is 2. The van der Waals surface area contributed by atoms with E-state index < -0.39 is 16.9 Å². The Balaban J connectivity index is 2.28. The first-order valence-electron chi connectivity index (χ1n) is 14.7. The minimum atomic E-state index is -0.896. The van der Waals surface area contributed by atoms with Crippen molar-refractivity contribution in [3.63, 3.8) is 0 Å². The van der Waals surface area contributed by atoms with Gasteiger partial charge in [-0.1, -0.05) is 103 Å². The minimum Gasteiger partial charge on any atom is -0.490 e. The van der Waals surface area contributed by atoms with Crippen LogP contribution in [0, 0.1) is 10.1 Å². The molecule has 0 bridgehead atoms. The van der Waals surface area contributed by atoms with Crippen LogP contribution in [-0.2, 0) is 20.7 Å². The molecule has 0 aliphatic rings. The molecule has 0 aliphatic heterocycles. The average molecular weight is 535 g/mol. The van der Waals surface area contributed by atoms with E-state index in [1.807, 2.05) is 0 Å². The Morgan fingerprint density at radius 3 is 1.87 bits per heavy atom. The number of esters is 1. The van der Waals surface area contributed by atoms with Crippen LogP contribution in [0.5, 0.6) is 5.75 Å². The fourth-order valence-electron chi connectivity index (χ4n) is 4.60. The second-order valence-electron chi connectivity index (χ2n) is 10.0. The fourth-order valence-corrected chi connectivity index (χ4v) is 4.60. The van der Waals surface area contributed by atoms with Crippen molar-refractivity contribution in [1.82, 2.24) is 5.32 Å². The summed E-state index contributed by atoms with van der Waals surface area (Å²) < 4.78 is 10.2. The number of hydrogen-bond donors (Lipinski definition) is 1. The Kier molecular flexibility index (Phi) is 18.7. The number of ether oxygens (including phenoxy) is 2. The highest BCUT2D eigenvalue weighted by Crippen LogP contribution is 2.28. The largest absolute Gasteiger partial charge is 0.490 e. The van der Waals surface area contributed by atoms with Crippen LogP contribution in [0.15, 0.2) is 18.2 Å². The van der Waals surface area contributed by atoms with E-state index in [1.165, 1.54) is 96.3 Å².